The van der Waals surface area contributed by atoms with Crippen LogP contribution in [-0.2, 0) is 9.59 Å². The Morgan fingerprint density at radius 2 is 2.16 bits per heavy atom. The van der Waals surface area contributed by atoms with E-state index in [-0.39, 0.29) is 0 Å². The Balaban J connectivity index is 2.65. The van der Waals surface area contributed by atoms with Crippen LogP contribution in [0.4, 0.5) is 0 Å². The molecule has 1 aromatic rings. The molecule has 6 nitrogen and oxygen atoms in total. The molecular formula is C12H14ClN3O3. The fourth-order valence-corrected chi connectivity index (χ4v) is 1.44. The van der Waals surface area contributed by atoms with Gasteiger partial charge in [-0.2, -0.15) is 5.10 Å². The normalized spacial score (nSPS) is 10.3. The van der Waals surface area contributed by atoms with E-state index in [1.165, 1.54) is 13.3 Å². The Morgan fingerprint density at radius 1 is 1.42 bits per heavy atom. The lowest BCUT2D eigenvalue weighted by molar-refractivity contribution is -0.138. The number of nitrogens with zero attached hydrogens (tertiary/aromatic N) is 1. The first kappa shape index (κ1) is 15.0. The standard InChI is InChI=1S/C12H14ClN3O3/c1-3-19-10-5-4-8(6-9(10)13)7-15-16-12(18)11(17)14-2/h4-7H,3H2,1-2H3,(H,14,17)(H,16,18)/b15-7-. The lowest BCUT2D eigenvalue weighted by atomic mass is 10.2. The Kier molecular flexibility index (Phi) is 5.81. The largest absolute Gasteiger partial charge is 0.492 e. The van der Waals surface area contributed by atoms with Crippen molar-refractivity contribution in [2.45, 2.75) is 6.92 Å². The minimum atomic E-state index is -0.837. The Labute approximate surface area is 115 Å². The van der Waals surface area contributed by atoms with Crippen LogP contribution in [0.5, 0.6) is 5.75 Å². The van der Waals surface area contributed by atoms with E-state index in [9.17, 15) is 9.59 Å². The van der Waals surface area contributed by atoms with E-state index in [2.05, 4.69) is 15.8 Å². The molecule has 0 saturated carbocycles. The van der Waals surface area contributed by atoms with E-state index < -0.39 is 11.8 Å². The number of ether oxygens (including phenoxy) is 1. The van der Waals surface area contributed by atoms with Crippen molar-refractivity contribution in [3.63, 3.8) is 0 Å². The fourth-order valence-electron chi connectivity index (χ4n) is 1.20. The van der Waals surface area contributed by atoms with Crippen LogP contribution in [0.15, 0.2) is 23.3 Å². The third kappa shape index (κ3) is 4.59. The SMILES string of the molecule is CCOc1ccc(/C=N\NC(=O)C(=O)NC)cc1Cl. The van der Waals surface area contributed by atoms with Crippen molar-refractivity contribution in [1.29, 1.82) is 0 Å². The minimum Gasteiger partial charge on any atom is -0.492 e. The molecule has 2 amide bonds. The molecule has 0 spiro atoms. The van der Waals surface area contributed by atoms with Gasteiger partial charge < -0.3 is 10.1 Å². The Bertz CT molecular complexity index is 503. The van der Waals surface area contributed by atoms with E-state index in [0.29, 0.717) is 22.9 Å². The first-order valence-corrected chi connectivity index (χ1v) is 5.93. The van der Waals surface area contributed by atoms with Crippen molar-refractivity contribution in [2.75, 3.05) is 13.7 Å². The molecule has 0 unspecified atom stereocenters. The molecule has 1 aromatic carbocycles. The second-order valence-corrected chi connectivity index (χ2v) is 3.81. The predicted octanol–water partition coefficient (Wildman–Crippen LogP) is 0.935. The van der Waals surface area contributed by atoms with E-state index in [1.807, 2.05) is 6.92 Å². The van der Waals surface area contributed by atoms with Gasteiger partial charge in [0.25, 0.3) is 0 Å². The molecule has 1 rings (SSSR count). The van der Waals surface area contributed by atoms with Gasteiger partial charge in [0.15, 0.2) is 0 Å². The average Bonchev–Trinajstić information content (AvgIpc) is 2.40. The zero-order valence-corrected chi connectivity index (χ0v) is 11.3. The molecule has 0 aliphatic carbocycles. The molecule has 7 heteroatoms. The van der Waals surface area contributed by atoms with Gasteiger partial charge in [-0.05, 0) is 30.7 Å². The molecule has 19 heavy (non-hydrogen) atoms. The van der Waals surface area contributed by atoms with E-state index >= 15 is 0 Å². The smallest absolute Gasteiger partial charge is 0.329 e. The summed E-state index contributed by atoms with van der Waals surface area (Å²) in [6.07, 6.45) is 1.38. The molecule has 0 radical (unpaired) electrons. The van der Waals surface area contributed by atoms with Crippen LogP contribution in [0.3, 0.4) is 0 Å². The summed E-state index contributed by atoms with van der Waals surface area (Å²) >= 11 is 5.98. The molecule has 0 aromatic heterocycles. The molecule has 0 atom stereocenters. The van der Waals surface area contributed by atoms with Gasteiger partial charge in [-0.25, -0.2) is 5.43 Å². The number of halogens is 1. The molecule has 0 saturated heterocycles. The number of hydrazone groups is 1. The summed E-state index contributed by atoms with van der Waals surface area (Å²) in [5.41, 5.74) is 2.76. The number of likely N-dealkylation sites (N-methyl/N-ethyl adjacent to an activating group) is 1. The van der Waals surface area contributed by atoms with Crippen molar-refractivity contribution < 1.29 is 14.3 Å². The monoisotopic (exact) mass is 283 g/mol. The summed E-state index contributed by atoms with van der Waals surface area (Å²) < 4.78 is 5.28. The van der Waals surface area contributed by atoms with Crippen LogP contribution >= 0.6 is 11.6 Å². The van der Waals surface area contributed by atoms with Crippen LogP contribution in [0.1, 0.15) is 12.5 Å². The Morgan fingerprint density at radius 3 is 2.74 bits per heavy atom. The fraction of sp³-hybridized carbons (Fsp3) is 0.250. The third-order valence-corrected chi connectivity index (χ3v) is 2.36. The van der Waals surface area contributed by atoms with Gasteiger partial charge in [0.2, 0.25) is 0 Å². The molecule has 0 aliphatic rings. The number of hydrogen-bond donors (Lipinski definition) is 2. The maximum atomic E-state index is 11.1. The molecular weight excluding hydrogens is 270 g/mol. The summed E-state index contributed by atoms with van der Waals surface area (Å²) in [6, 6.07) is 5.07. The van der Waals surface area contributed by atoms with Gasteiger partial charge in [-0.1, -0.05) is 11.6 Å². The van der Waals surface area contributed by atoms with E-state index in [1.54, 1.807) is 18.2 Å². The maximum absolute atomic E-state index is 11.1. The summed E-state index contributed by atoms with van der Waals surface area (Å²) in [4.78, 5) is 22.0. The van der Waals surface area contributed by atoms with Crippen LogP contribution < -0.4 is 15.5 Å². The van der Waals surface area contributed by atoms with E-state index in [4.69, 9.17) is 16.3 Å². The molecule has 0 bridgehead atoms. The average molecular weight is 284 g/mol. The van der Waals surface area contributed by atoms with Gasteiger partial charge in [0.05, 0.1) is 17.8 Å². The quantitative estimate of drug-likeness (QED) is 0.490. The van der Waals surface area contributed by atoms with Crippen molar-refractivity contribution in [3.8, 4) is 5.75 Å². The molecule has 0 aliphatic heterocycles. The number of hydrogen-bond acceptors (Lipinski definition) is 4. The first-order chi connectivity index (χ1) is 9.08. The number of nitrogens with one attached hydrogen (secondary N) is 2. The van der Waals surface area contributed by atoms with Gasteiger partial charge in [-0.15, -0.1) is 0 Å². The number of carbonyl (C=O) groups is 2. The second-order valence-electron chi connectivity index (χ2n) is 3.40. The maximum Gasteiger partial charge on any atom is 0.329 e. The van der Waals surface area contributed by atoms with Crippen molar-refractivity contribution in [1.82, 2.24) is 10.7 Å². The molecule has 0 fully saturated rings. The topological polar surface area (TPSA) is 79.8 Å². The number of amides is 2. The zero-order chi connectivity index (χ0) is 14.3. The lowest BCUT2D eigenvalue weighted by Gasteiger charge is -2.05. The highest BCUT2D eigenvalue weighted by atomic mass is 35.5. The van der Waals surface area contributed by atoms with Gasteiger partial charge in [0.1, 0.15) is 5.75 Å². The predicted molar refractivity (Wildman–Crippen MR) is 72.4 cm³/mol. The van der Waals surface area contributed by atoms with Crippen molar-refractivity contribution in [2.24, 2.45) is 5.10 Å². The minimum absolute atomic E-state index is 0.448. The van der Waals surface area contributed by atoms with Gasteiger partial charge >= 0.3 is 11.8 Å². The Hall–Kier alpha value is -2.08. The summed E-state index contributed by atoms with van der Waals surface area (Å²) in [7, 11) is 1.36. The van der Waals surface area contributed by atoms with Crippen LogP contribution in [0, 0.1) is 0 Å². The molecule has 2 N–H and O–H groups in total. The highest BCUT2D eigenvalue weighted by molar-refractivity contribution is 6.35. The molecule has 0 heterocycles. The van der Waals surface area contributed by atoms with Gasteiger partial charge in [-0.3, -0.25) is 9.59 Å². The number of rotatable bonds is 4. The highest BCUT2D eigenvalue weighted by Crippen LogP contribution is 2.24. The zero-order valence-electron chi connectivity index (χ0n) is 10.6. The molecule has 102 valence electrons. The summed E-state index contributed by atoms with van der Waals surface area (Å²) in [6.45, 7) is 2.38. The first-order valence-electron chi connectivity index (χ1n) is 5.56. The third-order valence-electron chi connectivity index (χ3n) is 2.07. The lowest BCUT2D eigenvalue weighted by Crippen LogP contribution is -2.35. The van der Waals surface area contributed by atoms with Gasteiger partial charge in [0, 0.05) is 7.05 Å². The van der Waals surface area contributed by atoms with Crippen molar-refractivity contribution in [3.05, 3.63) is 28.8 Å². The van der Waals surface area contributed by atoms with E-state index in [0.717, 1.165) is 0 Å². The van der Waals surface area contributed by atoms with Crippen LogP contribution in [0.2, 0.25) is 5.02 Å². The van der Waals surface area contributed by atoms with Crippen molar-refractivity contribution >= 4 is 29.6 Å². The highest BCUT2D eigenvalue weighted by Gasteiger charge is 2.08. The van der Waals surface area contributed by atoms with Crippen LogP contribution in [0.25, 0.3) is 0 Å². The number of benzene rings is 1. The van der Waals surface area contributed by atoms with Crippen LogP contribution in [-0.4, -0.2) is 31.7 Å². The number of carbonyl (C=O) groups excluding carboxylic acids is 2. The summed E-state index contributed by atoms with van der Waals surface area (Å²) in [5, 5.41) is 6.27. The second kappa shape index (κ2) is 7.38. The summed E-state index contributed by atoms with van der Waals surface area (Å²) in [5.74, 6) is -1.02.